The Hall–Kier alpha value is -1.45. The minimum atomic E-state index is -0.449. The van der Waals surface area contributed by atoms with Crippen LogP contribution in [0.25, 0.3) is 0 Å². The van der Waals surface area contributed by atoms with Crippen molar-refractivity contribution in [3.05, 3.63) is 71.3 Å². The minimum Gasteiger partial charge on any atom is -0.350 e. The Morgan fingerprint density at radius 1 is 0.905 bits per heavy atom. The maximum absolute atomic E-state index is 13.1. The highest BCUT2D eigenvalue weighted by atomic mass is 35.5. The van der Waals surface area contributed by atoms with Gasteiger partial charge in [0.25, 0.3) is 0 Å². The van der Waals surface area contributed by atoms with Gasteiger partial charge in [0.2, 0.25) is 0 Å². The van der Waals surface area contributed by atoms with Gasteiger partial charge in [0.1, 0.15) is 23.3 Å². The first-order chi connectivity index (χ1) is 10.1. The highest BCUT2D eigenvalue weighted by Gasteiger charge is 2.19. The maximum Gasteiger partial charge on any atom is 0.132 e. The fourth-order valence-corrected chi connectivity index (χ4v) is 2.39. The molecule has 0 spiro atoms. The monoisotopic (exact) mass is 310 g/mol. The van der Waals surface area contributed by atoms with Gasteiger partial charge >= 0.3 is 0 Å². The lowest BCUT2D eigenvalue weighted by Gasteiger charge is -2.22. The van der Waals surface area contributed by atoms with E-state index in [9.17, 15) is 8.78 Å². The first-order valence-corrected chi connectivity index (χ1v) is 7.34. The summed E-state index contributed by atoms with van der Waals surface area (Å²) in [5.41, 5.74) is 1.12. The molecular weight excluding hydrogens is 294 g/mol. The average Bonchev–Trinajstić information content (AvgIpc) is 2.47. The topological polar surface area (TPSA) is 9.23 Å². The molecule has 0 radical (unpaired) electrons. The quantitative estimate of drug-likeness (QED) is 0.646. The molecule has 4 heteroatoms. The van der Waals surface area contributed by atoms with Crippen LogP contribution in [0.4, 0.5) is 8.78 Å². The third-order valence-corrected chi connectivity index (χ3v) is 3.47. The zero-order valence-electron chi connectivity index (χ0n) is 11.7. The molecule has 0 aliphatic heterocycles. The molecule has 1 nitrogen and oxygen atoms in total. The van der Waals surface area contributed by atoms with Crippen LogP contribution in [0.2, 0.25) is 0 Å². The lowest BCUT2D eigenvalue weighted by molar-refractivity contribution is 0.0510. The van der Waals surface area contributed by atoms with Crippen LogP contribution in [0.15, 0.2) is 48.5 Å². The summed E-state index contributed by atoms with van der Waals surface area (Å²) >= 11 is 6.17. The molecule has 0 aliphatic carbocycles. The Kier molecular flexibility index (Phi) is 5.71. The molecule has 2 aromatic carbocycles. The van der Waals surface area contributed by atoms with E-state index in [-0.39, 0.29) is 11.6 Å². The van der Waals surface area contributed by atoms with Crippen LogP contribution < -0.4 is 0 Å². The third kappa shape index (κ3) is 4.51. The van der Waals surface area contributed by atoms with E-state index < -0.39 is 11.7 Å². The highest BCUT2D eigenvalue weighted by molar-refractivity contribution is 6.19. The summed E-state index contributed by atoms with van der Waals surface area (Å²) in [6.07, 6.45) is 1.16. The lowest BCUT2D eigenvalue weighted by atomic mass is 10.0. The molecule has 0 aliphatic rings. The molecule has 0 amide bonds. The first kappa shape index (κ1) is 15.9. The summed E-state index contributed by atoms with van der Waals surface area (Å²) in [5, 5.41) is 0. The molecule has 0 heterocycles. The van der Waals surface area contributed by atoms with E-state index >= 15 is 0 Å². The van der Waals surface area contributed by atoms with Crippen LogP contribution >= 0.6 is 11.6 Å². The molecule has 112 valence electrons. The second-order valence-electron chi connectivity index (χ2n) is 4.82. The van der Waals surface area contributed by atoms with Crippen molar-refractivity contribution in [1.82, 2.24) is 0 Å². The van der Waals surface area contributed by atoms with Gasteiger partial charge in [-0.15, -0.1) is 0 Å². The van der Waals surface area contributed by atoms with Crippen molar-refractivity contribution >= 4 is 11.6 Å². The SMILES string of the molecule is CCCC(Cl)OC(c1ccc(F)cc1)c1ccc(F)cc1. The largest absolute Gasteiger partial charge is 0.350 e. The highest BCUT2D eigenvalue weighted by Crippen LogP contribution is 2.29. The molecule has 21 heavy (non-hydrogen) atoms. The van der Waals surface area contributed by atoms with Gasteiger partial charge in [-0.25, -0.2) is 8.78 Å². The van der Waals surface area contributed by atoms with Crippen LogP contribution in [0.5, 0.6) is 0 Å². The molecule has 0 saturated heterocycles. The van der Waals surface area contributed by atoms with Crippen molar-refractivity contribution in [3.8, 4) is 0 Å². The normalized spacial score (nSPS) is 12.6. The number of halogens is 3. The average molecular weight is 311 g/mol. The van der Waals surface area contributed by atoms with Crippen molar-refractivity contribution < 1.29 is 13.5 Å². The predicted octanol–water partition coefficient (Wildman–Crippen LogP) is 5.44. The number of hydrogen-bond acceptors (Lipinski definition) is 1. The zero-order chi connectivity index (χ0) is 15.2. The van der Waals surface area contributed by atoms with Crippen LogP contribution in [0.1, 0.15) is 37.0 Å². The molecule has 2 rings (SSSR count). The molecule has 0 fully saturated rings. The van der Waals surface area contributed by atoms with E-state index in [1.165, 1.54) is 24.3 Å². The number of alkyl halides is 1. The molecule has 0 bridgehead atoms. The second-order valence-corrected chi connectivity index (χ2v) is 5.30. The van der Waals surface area contributed by atoms with Gasteiger partial charge in [-0.2, -0.15) is 0 Å². The Balaban J connectivity index is 2.29. The smallest absolute Gasteiger partial charge is 0.132 e. The maximum atomic E-state index is 13.1. The number of ether oxygens (including phenoxy) is 1. The van der Waals surface area contributed by atoms with E-state index in [4.69, 9.17) is 16.3 Å². The van der Waals surface area contributed by atoms with Crippen LogP contribution in [0.3, 0.4) is 0 Å². The fraction of sp³-hybridized carbons (Fsp3) is 0.294. The summed E-state index contributed by atoms with van der Waals surface area (Å²) in [7, 11) is 0. The Labute approximate surface area is 128 Å². The van der Waals surface area contributed by atoms with Gasteiger partial charge in [-0.3, -0.25) is 0 Å². The molecule has 0 aromatic heterocycles. The van der Waals surface area contributed by atoms with Gasteiger partial charge in [-0.1, -0.05) is 49.2 Å². The Morgan fingerprint density at radius 2 is 1.33 bits per heavy atom. The van der Waals surface area contributed by atoms with Gasteiger partial charge in [0.05, 0.1) is 0 Å². The van der Waals surface area contributed by atoms with Gasteiger partial charge in [0, 0.05) is 0 Å². The summed E-state index contributed by atoms with van der Waals surface area (Å²) in [4.78, 5) is 0. The summed E-state index contributed by atoms with van der Waals surface area (Å²) in [6, 6.07) is 12.1. The van der Waals surface area contributed by atoms with Gasteiger partial charge in [0.15, 0.2) is 0 Å². The van der Waals surface area contributed by atoms with E-state index in [0.29, 0.717) is 6.42 Å². The van der Waals surface area contributed by atoms with Crippen LogP contribution in [-0.2, 0) is 4.74 Å². The van der Waals surface area contributed by atoms with Crippen LogP contribution in [-0.4, -0.2) is 5.56 Å². The standard InChI is InChI=1S/C17H17ClF2O/c1-2-3-16(18)21-17(12-4-8-14(19)9-5-12)13-6-10-15(20)11-7-13/h4-11,16-17H,2-3H2,1H3. The Morgan fingerprint density at radius 3 is 1.71 bits per heavy atom. The zero-order valence-corrected chi connectivity index (χ0v) is 12.5. The number of rotatable bonds is 6. The minimum absolute atomic E-state index is 0.312. The Bertz CT molecular complexity index is 509. The van der Waals surface area contributed by atoms with Crippen LogP contribution in [0, 0.1) is 11.6 Å². The van der Waals surface area contributed by atoms with Crippen molar-refractivity contribution in [3.63, 3.8) is 0 Å². The first-order valence-electron chi connectivity index (χ1n) is 6.90. The summed E-state index contributed by atoms with van der Waals surface area (Å²) < 4.78 is 32.0. The van der Waals surface area contributed by atoms with Gasteiger partial charge in [-0.05, 0) is 41.8 Å². The number of hydrogen-bond donors (Lipinski definition) is 0. The molecule has 0 saturated carbocycles. The van der Waals surface area contributed by atoms with Crippen molar-refractivity contribution in [2.24, 2.45) is 0 Å². The van der Waals surface area contributed by atoms with E-state index in [0.717, 1.165) is 17.5 Å². The van der Waals surface area contributed by atoms with Crippen molar-refractivity contribution in [2.75, 3.05) is 0 Å². The van der Waals surface area contributed by atoms with Crippen molar-refractivity contribution in [2.45, 2.75) is 31.4 Å². The molecule has 0 N–H and O–H groups in total. The molecule has 1 unspecified atom stereocenters. The predicted molar refractivity (Wildman–Crippen MR) is 80.3 cm³/mol. The summed E-state index contributed by atoms with van der Waals surface area (Å²) in [5.74, 6) is -0.625. The van der Waals surface area contributed by atoms with E-state index in [1.807, 2.05) is 6.92 Å². The number of benzene rings is 2. The lowest BCUT2D eigenvalue weighted by Crippen LogP contribution is -2.13. The van der Waals surface area contributed by atoms with E-state index in [1.54, 1.807) is 24.3 Å². The molecule has 2 aromatic rings. The van der Waals surface area contributed by atoms with Gasteiger partial charge < -0.3 is 4.74 Å². The second kappa shape index (κ2) is 7.53. The van der Waals surface area contributed by atoms with Crippen molar-refractivity contribution in [1.29, 1.82) is 0 Å². The summed E-state index contributed by atoms with van der Waals surface area (Å²) in [6.45, 7) is 2.02. The molecular formula is C17H17ClF2O. The molecule has 1 atom stereocenters. The fourth-order valence-electron chi connectivity index (χ4n) is 2.07. The third-order valence-electron chi connectivity index (χ3n) is 3.14. The van der Waals surface area contributed by atoms with E-state index in [2.05, 4.69) is 0 Å².